The number of rotatable bonds is 4. The molecule has 7 nitrogen and oxygen atoms in total. The monoisotopic (exact) mass is 299 g/mol. The SMILES string of the molecule is CCc1nc2n(n1)C(CC(=O)Nc1ccccc1C)C(=O)N2. The van der Waals surface area contributed by atoms with E-state index in [1.807, 2.05) is 38.1 Å². The lowest BCUT2D eigenvalue weighted by atomic mass is 10.1. The first-order chi connectivity index (χ1) is 10.6. The van der Waals surface area contributed by atoms with Gasteiger partial charge in [0.2, 0.25) is 11.9 Å². The van der Waals surface area contributed by atoms with Crippen LogP contribution < -0.4 is 10.6 Å². The number of carbonyl (C=O) groups excluding carboxylic acids is 2. The summed E-state index contributed by atoms with van der Waals surface area (Å²) in [7, 11) is 0. The maximum absolute atomic E-state index is 12.2. The molecular weight excluding hydrogens is 282 g/mol. The molecule has 7 heteroatoms. The fraction of sp³-hybridized carbons (Fsp3) is 0.333. The molecule has 2 aromatic rings. The molecule has 0 spiro atoms. The smallest absolute Gasteiger partial charge is 0.252 e. The Bertz CT molecular complexity index is 737. The first-order valence-corrected chi connectivity index (χ1v) is 7.20. The molecule has 1 unspecified atom stereocenters. The first-order valence-electron chi connectivity index (χ1n) is 7.20. The van der Waals surface area contributed by atoms with E-state index in [1.165, 1.54) is 4.68 Å². The molecule has 1 aromatic heterocycles. The Morgan fingerprint density at radius 3 is 2.91 bits per heavy atom. The fourth-order valence-electron chi connectivity index (χ4n) is 2.39. The third-order valence-corrected chi connectivity index (χ3v) is 3.62. The lowest BCUT2D eigenvalue weighted by Crippen LogP contribution is -2.24. The van der Waals surface area contributed by atoms with Crippen LogP contribution in [0.5, 0.6) is 0 Å². The third-order valence-electron chi connectivity index (χ3n) is 3.62. The van der Waals surface area contributed by atoms with E-state index >= 15 is 0 Å². The number of anilines is 2. The summed E-state index contributed by atoms with van der Waals surface area (Å²) < 4.78 is 1.50. The van der Waals surface area contributed by atoms with Crippen LogP contribution in [0, 0.1) is 6.92 Å². The number of nitrogens with one attached hydrogen (secondary N) is 2. The summed E-state index contributed by atoms with van der Waals surface area (Å²) in [6, 6.07) is 6.86. The van der Waals surface area contributed by atoms with Gasteiger partial charge < -0.3 is 5.32 Å². The van der Waals surface area contributed by atoms with Crippen molar-refractivity contribution in [2.24, 2.45) is 0 Å². The highest BCUT2D eigenvalue weighted by molar-refractivity contribution is 6.01. The minimum atomic E-state index is -0.646. The van der Waals surface area contributed by atoms with Gasteiger partial charge in [0.15, 0.2) is 5.82 Å². The number of hydrogen-bond acceptors (Lipinski definition) is 4. The van der Waals surface area contributed by atoms with Gasteiger partial charge in [-0.2, -0.15) is 10.1 Å². The Morgan fingerprint density at radius 1 is 1.41 bits per heavy atom. The van der Waals surface area contributed by atoms with Gasteiger partial charge in [0.1, 0.15) is 6.04 Å². The molecule has 3 rings (SSSR count). The van der Waals surface area contributed by atoms with Crippen LogP contribution in [0.1, 0.15) is 30.8 Å². The molecule has 22 heavy (non-hydrogen) atoms. The van der Waals surface area contributed by atoms with Crippen LogP contribution in [0.15, 0.2) is 24.3 Å². The van der Waals surface area contributed by atoms with Crippen molar-refractivity contribution in [3.63, 3.8) is 0 Å². The second-order valence-corrected chi connectivity index (χ2v) is 5.22. The largest absolute Gasteiger partial charge is 0.326 e. The zero-order chi connectivity index (χ0) is 15.7. The molecule has 0 radical (unpaired) electrons. The molecule has 1 aromatic carbocycles. The first kappa shape index (κ1) is 14.2. The van der Waals surface area contributed by atoms with Crippen LogP contribution in [0.4, 0.5) is 11.6 Å². The summed E-state index contributed by atoms with van der Waals surface area (Å²) in [5, 5.41) is 9.74. The van der Waals surface area contributed by atoms with Crippen molar-refractivity contribution in [1.29, 1.82) is 0 Å². The van der Waals surface area contributed by atoms with Gasteiger partial charge in [-0.15, -0.1) is 0 Å². The van der Waals surface area contributed by atoms with Crippen molar-refractivity contribution in [3.8, 4) is 0 Å². The summed E-state index contributed by atoms with van der Waals surface area (Å²) in [5.74, 6) is 0.586. The number of amides is 2. The van der Waals surface area contributed by atoms with E-state index < -0.39 is 6.04 Å². The van der Waals surface area contributed by atoms with Crippen LogP contribution in [0.2, 0.25) is 0 Å². The predicted molar refractivity (Wildman–Crippen MR) is 81.5 cm³/mol. The van der Waals surface area contributed by atoms with Crippen molar-refractivity contribution in [2.45, 2.75) is 32.7 Å². The van der Waals surface area contributed by atoms with E-state index in [9.17, 15) is 9.59 Å². The number of aryl methyl sites for hydroxylation is 2. The van der Waals surface area contributed by atoms with E-state index in [0.29, 0.717) is 18.2 Å². The highest BCUT2D eigenvalue weighted by Crippen LogP contribution is 2.25. The molecule has 0 saturated heterocycles. The average molecular weight is 299 g/mol. The Balaban J connectivity index is 1.73. The molecule has 0 fully saturated rings. The van der Waals surface area contributed by atoms with Gasteiger partial charge in [0.05, 0.1) is 6.42 Å². The summed E-state index contributed by atoms with van der Waals surface area (Å²) >= 11 is 0. The highest BCUT2D eigenvalue weighted by Gasteiger charge is 2.34. The number of nitrogens with zero attached hydrogens (tertiary/aromatic N) is 3. The predicted octanol–water partition coefficient (Wildman–Crippen LogP) is 1.67. The number of hydrogen-bond donors (Lipinski definition) is 2. The normalized spacial score (nSPS) is 16.3. The van der Waals surface area contributed by atoms with Crippen LogP contribution >= 0.6 is 0 Å². The van der Waals surface area contributed by atoms with Gasteiger partial charge in [-0.1, -0.05) is 25.1 Å². The second kappa shape index (κ2) is 5.59. The van der Waals surface area contributed by atoms with Crippen molar-refractivity contribution in [2.75, 3.05) is 10.6 Å². The molecule has 0 aliphatic carbocycles. The molecular formula is C15H17N5O2. The molecule has 2 heterocycles. The number of fused-ring (bicyclic) bond motifs is 1. The molecule has 1 atom stereocenters. The van der Waals surface area contributed by atoms with Crippen molar-refractivity contribution in [1.82, 2.24) is 14.8 Å². The minimum absolute atomic E-state index is 0.0275. The number of carbonyl (C=O) groups is 2. The zero-order valence-electron chi connectivity index (χ0n) is 12.5. The average Bonchev–Trinajstić information content (AvgIpc) is 3.00. The van der Waals surface area contributed by atoms with E-state index in [0.717, 1.165) is 11.3 Å². The lowest BCUT2D eigenvalue weighted by Gasteiger charge is -2.11. The third kappa shape index (κ3) is 2.57. The highest BCUT2D eigenvalue weighted by atomic mass is 16.2. The standard InChI is InChI=1S/C15H17N5O2/c1-3-12-17-15-18-14(22)11(20(15)19-12)8-13(21)16-10-7-5-4-6-9(10)2/h4-7,11H,3,8H2,1-2H3,(H,16,21)(H,17,18,19,22). The van der Waals surface area contributed by atoms with Gasteiger partial charge in [0, 0.05) is 12.1 Å². The van der Waals surface area contributed by atoms with Gasteiger partial charge in [-0.25, -0.2) is 4.68 Å². The topological polar surface area (TPSA) is 88.9 Å². The molecule has 0 saturated carbocycles. The molecule has 1 aliphatic heterocycles. The van der Waals surface area contributed by atoms with Gasteiger partial charge in [-0.3, -0.25) is 14.9 Å². The summed E-state index contributed by atoms with van der Waals surface area (Å²) in [5.41, 5.74) is 1.72. The van der Waals surface area contributed by atoms with Crippen molar-refractivity contribution < 1.29 is 9.59 Å². The zero-order valence-corrected chi connectivity index (χ0v) is 12.5. The molecule has 114 valence electrons. The Kier molecular flexibility index (Phi) is 3.62. The number of benzene rings is 1. The van der Waals surface area contributed by atoms with Crippen LogP contribution in [-0.2, 0) is 16.0 Å². The summed E-state index contributed by atoms with van der Waals surface area (Å²) in [6.45, 7) is 3.85. The Labute approximate surface area is 127 Å². The molecule has 0 bridgehead atoms. The number of aromatic nitrogens is 3. The maximum atomic E-state index is 12.2. The quantitative estimate of drug-likeness (QED) is 0.898. The van der Waals surface area contributed by atoms with E-state index in [4.69, 9.17) is 0 Å². The van der Waals surface area contributed by atoms with Crippen LogP contribution in [0.25, 0.3) is 0 Å². The minimum Gasteiger partial charge on any atom is -0.326 e. The number of para-hydroxylation sites is 1. The van der Waals surface area contributed by atoms with Gasteiger partial charge in [-0.05, 0) is 18.6 Å². The van der Waals surface area contributed by atoms with Crippen molar-refractivity contribution >= 4 is 23.5 Å². The van der Waals surface area contributed by atoms with E-state index in [2.05, 4.69) is 20.7 Å². The Hall–Kier alpha value is -2.70. The fourth-order valence-corrected chi connectivity index (χ4v) is 2.39. The summed E-state index contributed by atoms with van der Waals surface area (Å²) in [6.07, 6.45) is 0.706. The molecule has 2 amide bonds. The molecule has 1 aliphatic rings. The maximum Gasteiger partial charge on any atom is 0.252 e. The lowest BCUT2D eigenvalue weighted by molar-refractivity contribution is -0.123. The van der Waals surface area contributed by atoms with Gasteiger partial charge >= 0.3 is 0 Å². The van der Waals surface area contributed by atoms with E-state index in [-0.39, 0.29) is 18.2 Å². The Morgan fingerprint density at radius 2 is 2.18 bits per heavy atom. The summed E-state index contributed by atoms with van der Waals surface area (Å²) in [4.78, 5) is 28.4. The van der Waals surface area contributed by atoms with Crippen molar-refractivity contribution in [3.05, 3.63) is 35.7 Å². The molecule has 2 N–H and O–H groups in total. The second-order valence-electron chi connectivity index (χ2n) is 5.22. The van der Waals surface area contributed by atoms with Gasteiger partial charge in [0.25, 0.3) is 5.91 Å². The van der Waals surface area contributed by atoms with E-state index in [1.54, 1.807) is 0 Å². The van der Waals surface area contributed by atoms with Crippen LogP contribution in [-0.4, -0.2) is 26.6 Å². The van der Waals surface area contributed by atoms with Crippen LogP contribution in [0.3, 0.4) is 0 Å².